The van der Waals surface area contributed by atoms with Crippen molar-refractivity contribution >= 4 is 18.5 Å². The van der Waals surface area contributed by atoms with Crippen molar-refractivity contribution in [2.24, 2.45) is 0 Å². The predicted octanol–water partition coefficient (Wildman–Crippen LogP) is 1.74. The number of rotatable bonds is 5. The number of carbonyl (C=O) groups excluding carboxylic acids is 1. The normalized spacial score (nSPS) is 10.2. The van der Waals surface area contributed by atoms with Gasteiger partial charge in [0.1, 0.15) is 11.4 Å². The van der Waals surface area contributed by atoms with E-state index >= 15 is 0 Å². The zero-order chi connectivity index (χ0) is 13.7. The second-order valence-electron chi connectivity index (χ2n) is 3.87. The van der Waals surface area contributed by atoms with Gasteiger partial charge in [-0.1, -0.05) is 0 Å². The molecule has 0 fully saturated rings. The Morgan fingerprint density at radius 2 is 2.16 bits per heavy atom. The molecule has 0 unspecified atom stereocenters. The molecular formula is C13H15N3O2S. The van der Waals surface area contributed by atoms with E-state index in [1.807, 2.05) is 24.3 Å². The first kappa shape index (κ1) is 13.5. The van der Waals surface area contributed by atoms with Gasteiger partial charge in [-0.15, -0.1) is 0 Å². The summed E-state index contributed by atoms with van der Waals surface area (Å²) in [4.78, 5) is 11.7. The summed E-state index contributed by atoms with van der Waals surface area (Å²) in [5, 5.41) is 9.57. The van der Waals surface area contributed by atoms with Crippen LogP contribution in [0, 0.1) is 0 Å². The molecule has 5 nitrogen and oxygen atoms in total. The largest absolute Gasteiger partial charge is 0.497 e. The van der Waals surface area contributed by atoms with Gasteiger partial charge in [0.25, 0.3) is 5.91 Å². The van der Waals surface area contributed by atoms with Crippen molar-refractivity contribution in [2.45, 2.75) is 0 Å². The Morgan fingerprint density at radius 1 is 1.42 bits per heavy atom. The second kappa shape index (κ2) is 6.29. The highest BCUT2D eigenvalue weighted by Gasteiger charge is 2.10. The number of carbonyl (C=O) groups is 1. The Morgan fingerprint density at radius 3 is 2.79 bits per heavy atom. The van der Waals surface area contributed by atoms with Crippen molar-refractivity contribution < 1.29 is 9.53 Å². The maximum Gasteiger partial charge on any atom is 0.269 e. The molecule has 0 bridgehead atoms. The van der Waals surface area contributed by atoms with Gasteiger partial charge >= 0.3 is 0 Å². The van der Waals surface area contributed by atoms with Gasteiger partial charge in [-0.2, -0.15) is 17.7 Å². The van der Waals surface area contributed by atoms with Gasteiger partial charge in [0, 0.05) is 17.9 Å². The van der Waals surface area contributed by atoms with Gasteiger partial charge in [0.2, 0.25) is 0 Å². The van der Waals surface area contributed by atoms with E-state index in [-0.39, 0.29) is 5.91 Å². The predicted molar refractivity (Wildman–Crippen MR) is 76.8 cm³/mol. The lowest BCUT2D eigenvalue weighted by molar-refractivity contribution is 0.0951. The summed E-state index contributed by atoms with van der Waals surface area (Å²) in [6.45, 7) is 0.527. The van der Waals surface area contributed by atoms with Gasteiger partial charge in [-0.25, -0.2) is 0 Å². The molecule has 19 heavy (non-hydrogen) atoms. The lowest BCUT2D eigenvalue weighted by Crippen LogP contribution is -2.25. The molecule has 1 aromatic heterocycles. The van der Waals surface area contributed by atoms with E-state index in [9.17, 15) is 4.79 Å². The molecule has 0 atom stereocenters. The molecule has 0 saturated carbocycles. The highest BCUT2D eigenvalue weighted by Crippen LogP contribution is 2.20. The SMILES string of the molecule is COc1ccc(-c2cc(C(=O)NCCS)[nH]n2)cc1. The molecule has 0 aliphatic carbocycles. The van der Waals surface area contributed by atoms with Crippen molar-refractivity contribution in [3.8, 4) is 17.0 Å². The zero-order valence-corrected chi connectivity index (χ0v) is 11.4. The number of aromatic amines is 1. The fourth-order valence-electron chi connectivity index (χ4n) is 1.61. The number of thiol groups is 1. The fourth-order valence-corrected chi connectivity index (χ4v) is 1.72. The first-order valence-corrected chi connectivity index (χ1v) is 6.46. The minimum absolute atomic E-state index is 0.179. The number of hydrogen-bond acceptors (Lipinski definition) is 4. The first-order chi connectivity index (χ1) is 9.24. The van der Waals surface area contributed by atoms with Crippen LogP contribution in [0.4, 0.5) is 0 Å². The van der Waals surface area contributed by atoms with Gasteiger partial charge < -0.3 is 10.1 Å². The minimum atomic E-state index is -0.179. The molecule has 2 rings (SSSR count). The van der Waals surface area contributed by atoms with Crippen molar-refractivity contribution in [3.63, 3.8) is 0 Å². The number of amides is 1. The van der Waals surface area contributed by atoms with E-state index in [1.165, 1.54) is 0 Å². The Bertz CT molecular complexity index is 551. The number of benzene rings is 1. The molecule has 1 heterocycles. The number of H-pyrrole nitrogens is 1. The Hall–Kier alpha value is -1.95. The Balaban J connectivity index is 2.13. The number of aromatic nitrogens is 2. The van der Waals surface area contributed by atoms with Crippen LogP contribution >= 0.6 is 12.6 Å². The van der Waals surface area contributed by atoms with Crippen LogP contribution in [0.15, 0.2) is 30.3 Å². The molecule has 0 aliphatic heterocycles. The van der Waals surface area contributed by atoms with Crippen molar-refractivity contribution in [1.29, 1.82) is 0 Å². The molecule has 2 aromatic rings. The van der Waals surface area contributed by atoms with Gasteiger partial charge in [-0.05, 0) is 30.3 Å². The summed E-state index contributed by atoms with van der Waals surface area (Å²) in [6, 6.07) is 9.21. The number of nitrogens with one attached hydrogen (secondary N) is 2. The molecule has 0 radical (unpaired) electrons. The first-order valence-electron chi connectivity index (χ1n) is 5.83. The van der Waals surface area contributed by atoms with E-state index in [0.29, 0.717) is 18.0 Å². The van der Waals surface area contributed by atoms with Crippen molar-refractivity contribution in [3.05, 3.63) is 36.0 Å². The summed E-state index contributed by atoms with van der Waals surface area (Å²) in [5.41, 5.74) is 2.08. The van der Waals surface area contributed by atoms with E-state index < -0.39 is 0 Å². The van der Waals surface area contributed by atoms with Crippen LogP contribution in [0.3, 0.4) is 0 Å². The molecule has 6 heteroatoms. The maximum absolute atomic E-state index is 11.7. The summed E-state index contributed by atoms with van der Waals surface area (Å²) < 4.78 is 5.09. The number of hydrogen-bond donors (Lipinski definition) is 3. The monoisotopic (exact) mass is 277 g/mol. The van der Waals surface area contributed by atoms with Gasteiger partial charge in [0.15, 0.2) is 0 Å². The van der Waals surface area contributed by atoms with Crippen LogP contribution in [-0.4, -0.2) is 35.5 Å². The van der Waals surface area contributed by atoms with Crippen LogP contribution in [0.1, 0.15) is 10.5 Å². The number of ether oxygens (including phenoxy) is 1. The standard InChI is InChI=1S/C13H15N3O2S/c1-18-10-4-2-9(3-5-10)11-8-12(16-15-11)13(17)14-6-7-19/h2-5,8,19H,6-7H2,1H3,(H,14,17)(H,15,16). The van der Waals surface area contributed by atoms with E-state index in [2.05, 4.69) is 28.1 Å². The highest BCUT2D eigenvalue weighted by molar-refractivity contribution is 7.80. The zero-order valence-electron chi connectivity index (χ0n) is 10.5. The Kier molecular flexibility index (Phi) is 4.46. The Labute approximate surface area is 116 Å². The smallest absolute Gasteiger partial charge is 0.269 e. The lowest BCUT2D eigenvalue weighted by atomic mass is 10.1. The van der Waals surface area contributed by atoms with E-state index in [0.717, 1.165) is 17.0 Å². The molecular weight excluding hydrogens is 262 g/mol. The minimum Gasteiger partial charge on any atom is -0.497 e. The summed E-state index contributed by atoms with van der Waals surface area (Å²) in [6.07, 6.45) is 0. The second-order valence-corrected chi connectivity index (χ2v) is 4.32. The van der Waals surface area contributed by atoms with Gasteiger partial charge in [0.05, 0.1) is 12.8 Å². The van der Waals surface area contributed by atoms with E-state index in [4.69, 9.17) is 4.74 Å². The average Bonchev–Trinajstić information content (AvgIpc) is 2.94. The van der Waals surface area contributed by atoms with Crippen molar-refractivity contribution in [1.82, 2.24) is 15.5 Å². The number of methoxy groups -OCH3 is 1. The van der Waals surface area contributed by atoms with Gasteiger partial charge in [-0.3, -0.25) is 9.89 Å². The molecule has 2 N–H and O–H groups in total. The van der Waals surface area contributed by atoms with Crippen molar-refractivity contribution in [2.75, 3.05) is 19.4 Å². The number of nitrogens with zero attached hydrogens (tertiary/aromatic N) is 1. The molecule has 0 saturated heterocycles. The quantitative estimate of drug-likeness (QED) is 0.729. The van der Waals surface area contributed by atoms with Crippen LogP contribution in [0.25, 0.3) is 11.3 Å². The molecule has 0 spiro atoms. The van der Waals surface area contributed by atoms with E-state index in [1.54, 1.807) is 13.2 Å². The fraction of sp³-hybridized carbons (Fsp3) is 0.231. The third kappa shape index (κ3) is 3.29. The summed E-state index contributed by atoms with van der Waals surface area (Å²) >= 11 is 4.04. The van der Waals surface area contributed by atoms with Crippen LogP contribution < -0.4 is 10.1 Å². The molecule has 1 amide bonds. The van der Waals surface area contributed by atoms with Crippen LogP contribution in [0.2, 0.25) is 0 Å². The van der Waals surface area contributed by atoms with Crippen LogP contribution in [0.5, 0.6) is 5.75 Å². The molecule has 0 aliphatic rings. The maximum atomic E-state index is 11.7. The highest BCUT2D eigenvalue weighted by atomic mass is 32.1. The summed E-state index contributed by atoms with van der Waals surface area (Å²) in [7, 11) is 1.62. The lowest BCUT2D eigenvalue weighted by Gasteiger charge is -2.00. The molecule has 1 aromatic carbocycles. The summed E-state index contributed by atoms with van der Waals surface area (Å²) in [5.74, 6) is 1.21. The molecule has 100 valence electrons. The van der Waals surface area contributed by atoms with Crippen LogP contribution in [-0.2, 0) is 0 Å². The third-order valence-electron chi connectivity index (χ3n) is 2.61. The third-order valence-corrected chi connectivity index (χ3v) is 2.83. The topological polar surface area (TPSA) is 67.0 Å². The average molecular weight is 277 g/mol.